The van der Waals surface area contributed by atoms with Gasteiger partial charge in [-0.05, 0) is 48.5 Å². The van der Waals surface area contributed by atoms with Gasteiger partial charge in [0.1, 0.15) is 0 Å². The summed E-state index contributed by atoms with van der Waals surface area (Å²) in [6.07, 6.45) is 6.57. The van der Waals surface area contributed by atoms with Crippen LogP contribution in [0.5, 0.6) is 0 Å². The molecule has 1 fully saturated rings. The van der Waals surface area contributed by atoms with Crippen LogP contribution in [0.15, 0.2) is 11.6 Å². The Kier molecular flexibility index (Phi) is 3.65. The normalized spacial score (nSPS) is 42.2. The monoisotopic (exact) mass is 238 g/mol. The second-order valence-corrected chi connectivity index (χ2v) is 6.31. The minimum Gasteiger partial charge on any atom is -0.389 e. The van der Waals surface area contributed by atoms with Crippen LogP contribution >= 0.6 is 0 Å². The molecule has 0 saturated heterocycles. The van der Waals surface area contributed by atoms with E-state index in [4.69, 9.17) is 4.74 Å². The fourth-order valence-electron chi connectivity index (χ4n) is 4.00. The quantitative estimate of drug-likeness (QED) is 0.749. The zero-order valence-electron chi connectivity index (χ0n) is 11.6. The Morgan fingerprint density at radius 2 is 2.18 bits per heavy atom. The molecule has 2 aliphatic rings. The molecule has 0 amide bonds. The van der Waals surface area contributed by atoms with Gasteiger partial charge in [-0.2, -0.15) is 0 Å². The van der Waals surface area contributed by atoms with Crippen LogP contribution in [0.4, 0.5) is 0 Å². The lowest BCUT2D eigenvalue weighted by molar-refractivity contribution is 0.127. The number of methoxy groups -OCH3 is 1. The van der Waals surface area contributed by atoms with Gasteiger partial charge in [0.15, 0.2) is 0 Å². The van der Waals surface area contributed by atoms with Crippen LogP contribution in [-0.4, -0.2) is 24.4 Å². The second kappa shape index (κ2) is 4.74. The molecule has 0 heterocycles. The minimum atomic E-state index is -0.247. The predicted octanol–water partition coefficient (Wildman–Crippen LogP) is 3.15. The summed E-state index contributed by atoms with van der Waals surface area (Å²) in [5.41, 5.74) is 1.45. The van der Waals surface area contributed by atoms with Crippen LogP contribution in [0.2, 0.25) is 0 Å². The third-order valence-corrected chi connectivity index (χ3v) is 4.97. The van der Waals surface area contributed by atoms with E-state index in [1.807, 2.05) is 0 Å². The summed E-state index contributed by atoms with van der Waals surface area (Å²) < 4.78 is 5.48. The topological polar surface area (TPSA) is 29.5 Å². The molecule has 0 aromatic carbocycles. The van der Waals surface area contributed by atoms with Crippen molar-refractivity contribution in [3.05, 3.63) is 11.6 Å². The number of hydrogen-bond acceptors (Lipinski definition) is 2. The maximum absolute atomic E-state index is 10.3. The van der Waals surface area contributed by atoms with Crippen LogP contribution < -0.4 is 0 Å². The molecule has 98 valence electrons. The molecule has 1 N–H and O–H groups in total. The third-order valence-electron chi connectivity index (χ3n) is 4.97. The van der Waals surface area contributed by atoms with Crippen molar-refractivity contribution in [2.75, 3.05) is 7.11 Å². The number of aliphatic hydroxyl groups excluding tert-OH is 1. The number of hydrogen-bond donors (Lipinski definition) is 1. The highest BCUT2D eigenvalue weighted by atomic mass is 16.5. The zero-order valence-corrected chi connectivity index (χ0v) is 11.6. The Morgan fingerprint density at radius 1 is 1.47 bits per heavy atom. The van der Waals surface area contributed by atoms with Crippen molar-refractivity contribution in [1.29, 1.82) is 0 Å². The van der Waals surface area contributed by atoms with Crippen molar-refractivity contribution in [3.63, 3.8) is 0 Å². The highest BCUT2D eigenvalue weighted by molar-refractivity contribution is 5.28. The van der Waals surface area contributed by atoms with E-state index in [0.29, 0.717) is 11.8 Å². The van der Waals surface area contributed by atoms with Gasteiger partial charge in [-0.1, -0.05) is 26.8 Å². The molecule has 0 unspecified atom stereocenters. The molecule has 1 saturated carbocycles. The van der Waals surface area contributed by atoms with Gasteiger partial charge in [0.25, 0.3) is 0 Å². The standard InChI is InChI=1S/C15H26O2/c1-10(2)12-9-14(16)13-8-11(17-4)6-5-7-15(12,13)3/h8,10-12,14,16H,5-7,9H2,1-4H3/t11-,12-,14+,15-/m1/s1. The number of rotatable bonds is 2. The van der Waals surface area contributed by atoms with Crippen LogP contribution in [0.25, 0.3) is 0 Å². The molecular formula is C15H26O2. The van der Waals surface area contributed by atoms with E-state index < -0.39 is 0 Å². The molecule has 2 heteroatoms. The lowest BCUT2D eigenvalue weighted by atomic mass is 9.70. The molecular weight excluding hydrogens is 212 g/mol. The van der Waals surface area contributed by atoms with Crippen LogP contribution in [-0.2, 0) is 4.74 Å². The Hall–Kier alpha value is -0.340. The van der Waals surface area contributed by atoms with Gasteiger partial charge < -0.3 is 9.84 Å². The summed E-state index contributed by atoms with van der Waals surface area (Å²) in [7, 11) is 1.77. The molecule has 0 bridgehead atoms. The van der Waals surface area contributed by atoms with Gasteiger partial charge >= 0.3 is 0 Å². The molecule has 2 rings (SSSR count). The van der Waals surface area contributed by atoms with Crippen molar-refractivity contribution in [2.45, 2.75) is 58.7 Å². The molecule has 2 nitrogen and oxygen atoms in total. The summed E-state index contributed by atoms with van der Waals surface area (Å²) in [4.78, 5) is 0. The summed E-state index contributed by atoms with van der Waals surface area (Å²) in [5, 5.41) is 10.3. The SMILES string of the molecule is CO[C@H]1C=C2[C@@H](O)C[C@H](C(C)C)[C@@]2(C)CCC1. The molecule has 17 heavy (non-hydrogen) atoms. The fraction of sp³-hybridized carbons (Fsp3) is 0.867. The van der Waals surface area contributed by atoms with Gasteiger partial charge in [-0.25, -0.2) is 0 Å². The Labute approximate surface area is 105 Å². The molecule has 0 aliphatic heterocycles. The molecule has 4 atom stereocenters. The van der Waals surface area contributed by atoms with Crippen molar-refractivity contribution in [2.24, 2.45) is 17.3 Å². The van der Waals surface area contributed by atoms with E-state index in [1.165, 1.54) is 18.4 Å². The van der Waals surface area contributed by atoms with Crippen molar-refractivity contribution < 1.29 is 9.84 Å². The number of aliphatic hydroxyl groups is 1. The average Bonchev–Trinajstić information content (AvgIpc) is 2.45. The van der Waals surface area contributed by atoms with E-state index in [1.54, 1.807) is 7.11 Å². The number of fused-ring (bicyclic) bond motifs is 1. The van der Waals surface area contributed by atoms with Crippen molar-refractivity contribution in [3.8, 4) is 0 Å². The maximum atomic E-state index is 10.3. The predicted molar refractivity (Wildman–Crippen MR) is 69.8 cm³/mol. The Bertz CT molecular complexity index is 308. The van der Waals surface area contributed by atoms with Crippen molar-refractivity contribution in [1.82, 2.24) is 0 Å². The average molecular weight is 238 g/mol. The van der Waals surface area contributed by atoms with E-state index in [-0.39, 0.29) is 17.6 Å². The zero-order chi connectivity index (χ0) is 12.6. The summed E-state index contributed by atoms with van der Waals surface area (Å²) in [5.74, 6) is 1.25. The van der Waals surface area contributed by atoms with Crippen LogP contribution in [0.3, 0.4) is 0 Å². The van der Waals surface area contributed by atoms with Gasteiger partial charge in [-0.3, -0.25) is 0 Å². The first-order chi connectivity index (χ1) is 7.99. The summed E-state index contributed by atoms with van der Waals surface area (Å²) >= 11 is 0. The van der Waals surface area contributed by atoms with Gasteiger partial charge in [0.2, 0.25) is 0 Å². The van der Waals surface area contributed by atoms with Crippen LogP contribution in [0.1, 0.15) is 46.5 Å². The fourth-order valence-corrected chi connectivity index (χ4v) is 4.00. The van der Waals surface area contributed by atoms with Crippen LogP contribution in [0, 0.1) is 17.3 Å². The van der Waals surface area contributed by atoms with Crippen molar-refractivity contribution >= 4 is 0 Å². The molecule has 0 radical (unpaired) electrons. The minimum absolute atomic E-state index is 0.195. The lowest BCUT2D eigenvalue weighted by Crippen LogP contribution is -2.27. The largest absolute Gasteiger partial charge is 0.389 e. The first-order valence-corrected chi connectivity index (χ1v) is 6.92. The number of ether oxygens (including phenoxy) is 1. The second-order valence-electron chi connectivity index (χ2n) is 6.31. The van der Waals surface area contributed by atoms with Gasteiger partial charge in [0.05, 0.1) is 12.2 Å². The van der Waals surface area contributed by atoms with E-state index in [2.05, 4.69) is 26.8 Å². The Morgan fingerprint density at radius 3 is 2.76 bits per heavy atom. The lowest BCUT2D eigenvalue weighted by Gasteiger charge is -2.34. The van der Waals surface area contributed by atoms with Gasteiger partial charge in [-0.15, -0.1) is 0 Å². The highest BCUT2D eigenvalue weighted by Crippen LogP contribution is 2.54. The van der Waals surface area contributed by atoms with E-state index in [9.17, 15) is 5.11 Å². The Balaban J connectivity index is 2.35. The molecule has 0 aromatic heterocycles. The first-order valence-electron chi connectivity index (χ1n) is 6.92. The molecule has 2 aliphatic carbocycles. The smallest absolute Gasteiger partial charge is 0.0759 e. The molecule has 0 aromatic rings. The third kappa shape index (κ3) is 2.17. The highest BCUT2D eigenvalue weighted by Gasteiger charge is 2.48. The van der Waals surface area contributed by atoms with E-state index in [0.717, 1.165) is 12.8 Å². The van der Waals surface area contributed by atoms with Gasteiger partial charge in [0, 0.05) is 7.11 Å². The maximum Gasteiger partial charge on any atom is 0.0759 e. The summed E-state index contributed by atoms with van der Waals surface area (Å²) in [6, 6.07) is 0. The van der Waals surface area contributed by atoms with E-state index >= 15 is 0 Å². The summed E-state index contributed by atoms with van der Waals surface area (Å²) in [6.45, 7) is 6.91. The first kappa shape index (κ1) is 13.1. The molecule has 0 spiro atoms.